The molecule has 1 aliphatic rings. The summed E-state index contributed by atoms with van der Waals surface area (Å²) < 4.78 is 0. The summed E-state index contributed by atoms with van der Waals surface area (Å²) in [5.41, 5.74) is 6.12. The maximum Gasteiger partial charge on any atom is 0.225 e. The van der Waals surface area contributed by atoms with Gasteiger partial charge in [0.1, 0.15) is 5.82 Å². The Bertz CT molecular complexity index is 1070. The van der Waals surface area contributed by atoms with Crippen molar-refractivity contribution < 1.29 is 5.11 Å². The molecule has 0 bridgehead atoms. The number of hydrogen-bond donors (Lipinski definition) is 1. The summed E-state index contributed by atoms with van der Waals surface area (Å²) in [5, 5.41) is 9.72. The van der Waals surface area contributed by atoms with Crippen LogP contribution in [0.25, 0.3) is 11.3 Å². The second-order valence-electron chi connectivity index (χ2n) is 7.66. The summed E-state index contributed by atoms with van der Waals surface area (Å²) in [7, 11) is 1.88. The summed E-state index contributed by atoms with van der Waals surface area (Å²) in [6.07, 6.45) is 6.24. The number of halogens is 1. The number of aliphatic hydroxyl groups excluding tert-OH is 1. The van der Waals surface area contributed by atoms with Crippen LogP contribution in [0.1, 0.15) is 22.4 Å². The van der Waals surface area contributed by atoms with Gasteiger partial charge in [-0.15, -0.1) is 0 Å². The molecule has 7 nitrogen and oxygen atoms in total. The SMILES string of the molecule is Cc1cnc(-c2cc(N3CCc4nc(N(C)CCO)ncc4C3)ncc2Cl)c(C)c1. The van der Waals surface area contributed by atoms with Gasteiger partial charge >= 0.3 is 0 Å². The van der Waals surface area contributed by atoms with Gasteiger partial charge in [-0.3, -0.25) is 4.98 Å². The molecule has 0 amide bonds. The number of aliphatic hydroxyl groups is 1. The Morgan fingerprint density at radius 3 is 2.73 bits per heavy atom. The number of pyridine rings is 2. The molecule has 0 saturated heterocycles. The van der Waals surface area contributed by atoms with E-state index in [0.717, 1.165) is 52.4 Å². The summed E-state index contributed by atoms with van der Waals surface area (Å²) in [5.74, 6) is 1.51. The number of hydrogen-bond acceptors (Lipinski definition) is 7. The molecule has 0 spiro atoms. The van der Waals surface area contributed by atoms with Crippen molar-refractivity contribution in [2.24, 2.45) is 0 Å². The highest BCUT2D eigenvalue weighted by atomic mass is 35.5. The smallest absolute Gasteiger partial charge is 0.225 e. The predicted octanol–water partition coefficient (Wildman–Crippen LogP) is 3.20. The first kappa shape index (κ1) is 20.5. The third-order valence-corrected chi connectivity index (χ3v) is 5.63. The number of fused-ring (bicyclic) bond motifs is 1. The second-order valence-corrected chi connectivity index (χ2v) is 8.07. The van der Waals surface area contributed by atoms with Gasteiger partial charge in [0.25, 0.3) is 0 Å². The fourth-order valence-corrected chi connectivity index (χ4v) is 3.91. The molecule has 3 aromatic rings. The van der Waals surface area contributed by atoms with Crippen molar-refractivity contribution in [1.29, 1.82) is 0 Å². The van der Waals surface area contributed by atoms with Crippen molar-refractivity contribution in [2.45, 2.75) is 26.8 Å². The molecule has 4 rings (SSSR count). The zero-order chi connectivity index (χ0) is 21.3. The Balaban J connectivity index is 1.60. The predicted molar refractivity (Wildman–Crippen MR) is 119 cm³/mol. The molecule has 0 atom stereocenters. The van der Waals surface area contributed by atoms with Crippen LogP contribution in [-0.4, -0.2) is 51.8 Å². The van der Waals surface area contributed by atoms with E-state index in [1.807, 2.05) is 44.3 Å². The van der Waals surface area contributed by atoms with E-state index in [1.165, 1.54) is 0 Å². The summed E-state index contributed by atoms with van der Waals surface area (Å²) in [6, 6.07) is 4.13. The Labute approximate surface area is 181 Å². The molecular weight excluding hydrogens is 400 g/mol. The maximum absolute atomic E-state index is 9.13. The van der Waals surface area contributed by atoms with Gasteiger partial charge in [-0.1, -0.05) is 17.7 Å². The van der Waals surface area contributed by atoms with E-state index in [1.54, 1.807) is 6.20 Å². The van der Waals surface area contributed by atoms with Crippen LogP contribution >= 0.6 is 11.6 Å². The minimum Gasteiger partial charge on any atom is -0.395 e. The lowest BCUT2D eigenvalue weighted by atomic mass is 10.0. The standard InChI is InChI=1S/C22H25ClN6O/c1-14-8-15(2)21(25-10-14)17-9-20(24-12-18(17)23)29-5-4-19-16(13-29)11-26-22(27-19)28(3)6-7-30/h8-12,30H,4-7,13H2,1-3H3. The molecule has 3 aromatic heterocycles. The van der Waals surface area contributed by atoms with Gasteiger partial charge in [0.05, 0.1) is 23.0 Å². The molecule has 156 valence electrons. The second kappa shape index (κ2) is 8.53. The molecule has 0 aliphatic carbocycles. The fourth-order valence-electron chi connectivity index (χ4n) is 3.71. The Hall–Kier alpha value is -2.77. The van der Waals surface area contributed by atoms with E-state index in [2.05, 4.69) is 30.9 Å². The van der Waals surface area contributed by atoms with Gasteiger partial charge in [0, 0.05) is 62.8 Å². The fraction of sp³-hybridized carbons (Fsp3) is 0.364. The summed E-state index contributed by atoms with van der Waals surface area (Å²) in [4.78, 5) is 22.4. The van der Waals surface area contributed by atoms with Crippen LogP contribution in [0.2, 0.25) is 5.02 Å². The van der Waals surface area contributed by atoms with Crippen molar-refractivity contribution in [3.63, 3.8) is 0 Å². The first-order valence-corrected chi connectivity index (χ1v) is 10.3. The number of rotatable bonds is 5. The van der Waals surface area contributed by atoms with Crippen LogP contribution in [0.5, 0.6) is 0 Å². The van der Waals surface area contributed by atoms with Gasteiger partial charge in [-0.2, -0.15) is 0 Å². The molecule has 0 aromatic carbocycles. The van der Waals surface area contributed by atoms with Gasteiger partial charge in [-0.05, 0) is 31.0 Å². The quantitative estimate of drug-likeness (QED) is 0.673. The van der Waals surface area contributed by atoms with E-state index in [0.29, 0.717) is 24.1 Å². The topological polar surface area (TPSA) is 78.3 Å². The Morgan fingerprint density at radius 1 is 1.13 bits per heavy atom. The monoisotopic (exact) mass is 424 g/mol. The first-order valence-electron chi connectivity index (χ1n) is 9.97. The number of anilines is 2. The highest BCUT2D eigenvalue weighted by Crippen LogP contribution is 2.32. The molecular formula is C22H25ClN6O. The molecule has 0 radical (unpaired) electrons. The van der Waals surface area contributed by atoms with Crippen LogP contribution in [0.4, 0.5) is 11.8 Å². The third kappa shape index (κ3) is 4.08. The lowest BCUT2D eigenvalue weighted by Crippen LogP contribution is -2.32. The minimum absolute atomic E-state index is 0.0740. The van der Waals surface area contributed by atoms with Crippen LogP contribution in [0.3, 0.4) is 0 Å². The summed E-state index contributed by atoms with van der Waals surface area (Å²) >= 11 is 6.47. The first-order chi connectivity index (χ1) is 14.5. The van der Waals surface area contributed by atoms with Crippen molar-refractivity contribution >= 4 is 23.4 Å². The highest BCUT2D eigenvalue weighted by molar-refractivity contribution is 6.33. The lowest BCUT2D eigenvalue weighted by molar-refractivity contribution is 0.303. The maximum atomic E-state index is 9.13. The molecule has 0 saturated carbocycles. The largest absolute Gasteiger partial charge is 0.395 e. The van der Waals surface area contributed by atoms with E-state index in [9.17, 15) is 0 Å². The Morgan fingerprint density at radius 2 is 1.97 bits per heavy atom. The van der Waals surface area contributed by atoms with Gasteiger partial charge in [0.2, 0.25) is 5.95 Å². The average Bonchev–Trinajstić information content (AvgIpc) is 2.74. The molecule has 1 N–H and O–H groups in total. The van der Waals surface area contributed by atoms with Gasteiger partial charge in [-0.25, -0.2) is 15.0 Å². The molecule has 8 heteroatoms. The molecule has 0 fully saturated rings. The van der Waals surface area contributed by atoms with Crippen molar-refractivity contribution in [1.82, 2.24) is 19.9 Å². The van der Waals surface area contributed by atoms with Gasteiger partial charge < -0.3 is 14.9 Å². The lowest BCUT2D eigenvalue weighted by Gasteiger charge is -2.30. The Kier molecular flexibility index (Phi) is 5.83. The van der Waals surface area contributed by atoms with Crippen LogP contribution in [0, 0.1) is 13.8 Å². The van der Waals surface area contributed by atoms with Crippen LogP contribution in [-0.2, 0) is 13.0 Å². The molecule has 30 heavy (non-hydrogen) atoms. The van der Waals surface area contributed by atoms with Crippen molar-refractivity contribution in [3.05, 3.63) is 58.1 Å². The molecule has 1 aliphatic heterocycles. The average molecular weight is 425 g/mol. The van der Waals surface area contributed by atoms with Crippen LogP contribution < -0.4 is 9.80 Å². The molecule has 4 heterocycles. The van der Waals surface area contributed by atoms with Crippen molar-refractivity contribution in [3.8, 4) is 11.3 Å². The van der Waals surface area contributed by atoms with E-state index in [-0.39, 0.29) is 6.61 Å². The minimum atomic E-state index is 0.0740. The zero-order valence-corrected chi connectivity index (χ0v) is 18.2. The number of aromatic nitrogens is 4. The van der Waals surface area contributed by atoms with Crippen molar-refractivity contribution in [2.75, 3.05) is 36.5 Å². The number of likely N-dealkylation sites (N-methyl/N-ethyl adjacent to an activating group) is 1. The van der Waals surface area contributed by atoms with Gasteiger partial charge in [0.15, 0.2) is 0 Å². The molecule has 0 unspecified atom stereocenters. The highest BCUT2D eigenvalue weighted by Gasteiger charge is 2.21. The zero-order valence-electron chi connectivity index (χ0n) is 17.4. The van der Waals surface area contributed by atoms with E-state index < -0.39 is 0 Å². The van der Waals surface area contributed by atoms with E-state index >= 15 is 0 Å². The van der Waals surface area contributed by atoms with Crippen LogP contribution in [0.15, 0.2) is 30.7 Å². The van der Waals surface area contributed by atoms with E-state index in [4.69, 9.17) is 16.7 Å². The normalized spacial score (nSPS) is 13.3. The number of aryl methyl sites for hydroxylation is 2. The summed E-state index contributed by atoms with van der Waals surface area (Å²) in [6.45, 7) is 6.16. The third-order valence-electron chi connectivity index (χ3n) is 5.33. The number of nitrogens with zero attached hydrogens (tertiary/aromatic N) is 6.